The molecule has 0 aromatic heterocycles. The van der Waals surface area contributed by atoms with E-state index in [1.54, 1.807) is 0 Å². The van der Waals surface area contributed by atoms with E-state index in [0.717, 1.165) is 12.1 Å². The zero-order valence-corrected chi connectivity index (χ0v) is 13.3. The number of nitriles is 1. The summed E-state index contributed by atoms with van der Waals surface area (Å²) in [7, 11) is -10.4. The van der Waals surface area contributed by atoms with Crippen molar-refractivity contribution in [2.75, 3.05) is 6.26 Å². The molecule has 124 valence electrons. The minimum Gasteiger partial charge on any atom is -0.261 e. The van der Waals surface area contributed by atoms with Crippen molar-refractivity contribution < 1.29 is 26.7 Å². The maximum absolute atomic E-state index is 12.4. The summed E-state index contributed by atoms with van der Waals surface area (Å²) >= 11 is 0. The molecule has 0 amide bonds. The molecule has 23 heavy (non-hydrogen) atoms. The Morgan fingerprint density at radius 3 is 2.04 bits per heavy atom. The van der Waals surface area contributed by atoms with Crippen LogP contribution in [-0.2, 0) is 19.7 Å². The van der Waals surface area contributed by atoms with E-state index in [2.05, 4.69) is 0 Å². The number of nitro benzene ring substituents is 1. The van der Waals surface area contributed by atoms with Crippen LogP contribution in [0.1, 0.15) is 5.56 Å². The third-order valence-corrected chi connectivity index (χ3v) is 7.59. The summed E-state index contributed by atoms with van der Waals surface area (Å²) in [6.07, 6.45) is 0.221. The van der Waals surface area contributed by atoms with Crippen molar-refractivity contribution >= 4 is 25.4 Å². The molecule has 1 unspecified atom stereocenters. The van der Waals surface area contributed by atoms with Gasteiger partial charge in [-0.05, 0) is 13.0 Å². The van der Waals surface area contributed by atoms with Gasteiger partial charge in [-0.3, -0.25) is 20.2 Å². The van der Waals surface area contributed by atoms with E-state index >= 15 is 0 Å². The molecule has 13 heteroatoms. The van der Waals surface area contributed by atoms with Crippen LogP contribution in [-0.4, -0.2) is 37.1 Å². The monoisotopic (exact) mass is 363 g/mol. The van der Waals surface area contributed by atoms with Gasteiger partial charge in [-0.1, -0.05) is 6.07 Å². The third kappa shape index (κ3) is 2.62. The molecule has 0 aliphatic heterocycles. The predicted octanol–water partition coefficient (Wildman–Crippen LogP) is 0.176. The van der Waals surface area contributed by atoms with Gasteiger partial charge < -0.3 is 0 Å². The number of rotatable bonds is 5. The largest absolute Gasteiger partial charge is 0.503 e. The average molecular weight is 363 g/mol. The number of sulfone groups is 2. The maximum Gasteiger partial charge on any atom is 0.503 e. The van der Waals surface area contributed by atoms with E-state index in [-0.39, 0.29) is 11.8 Å². The lowest BCUT2D eigenvalue weighted by molar-refractivity contribution is -0.498. The van der Waals surface area contributed by atoms with Gasteiger partial charge in [0.15, 0.2) is 6.07 Å². The van der Waals surface area contributed by atoms with E-state index in [1.165, 1.54) is 6.92 Å². The molecule has 11 nitrogen and oxygen atoms in total. The normalized spacial score (nSPS) is 14.5. The zero-order chi connectivity index (χ0) is 18.2. The molecular weight excluding hydrogens is 354 g/mol. The lowest BCUT2D eigenvalue weighted by Gasteiger charge is -2.16. The van der Waals surface area contributed by atoms with Crippen LogP contribution in [0.15, 0.2) is 23.1 Å². The summed E-state index contributed by atoms with van der Waals surface area (Å²) < 4.78 is 44.1. The predicted molar refractivity (Wildman–Crippen MR) is 75.2 cm³/mol. The van der Waals surface area contributed by atoms with Gasteiger partial charge >= 0.3 is 4.20 Å². The molecule has 1 aromatic carbocycles. The number of aryl methyl sites for hydroxylation is 1. The standard InChI is InChI=1S/C10H9N3O8S2/c1-7-3-4-8(5-9(7)12(14)15)23(20,21)10(6-11,13(16)17)22(2,18)19/h3-5H,1-2H3. The summed E-state index contributed by atoms with van der Waals surface area (Å²) in [6, 6.07) is 2.93. The fourth-order valence-corrected chi connectivity index (χ4v) is 5.20. The van der Waals surface area contributed by atoms with Crippen LogP contribution >= 0.6 is 0 Å². The smallest absolute Gasteiger partial charge is 0.261 e. The number of nitro groups is 2. The number of hydrogen-bond donors (Lipinski definition) is 0. The second-order valence-electron chi connectivity index (χ2n) is 4.43. The first-order chi connectivity index (χ1) is 10.3. The fraction of sp³-hybridized carbons (Fsp3) is 0.300. The van der Waals surface area contributed by atoms with Crippen LogP contribution in [0.2, 0.25) is 0 Å². The maximum atomic E-state index is 12.4. The molecule has 1 atom stereocenters. The Bertz CT molecular complexity index is 945. The van der Waals surface area contributed by atoms with Crippen molar-refractivity contribution in [1.29, 1.82) is 5.26 Å². The molecule has 0 bridgehead atoms. The number of nitrogens with zero attached hydrogens (tertiary/aromatic N) is 3. The van der Waals surface area contributed by atoms with Crippen LogP contribution in [0.5, 0.6) is 0 Å². The van der Waals surface area contributed by atoms with Crippen LogP contribution in [0.25, 0.3) is 0 Å². The number of hydrogen-bond acceptors (Lipinski definition) is 9. The van der Waals surface area contributed by atoms with Crippen molar-refractivity contribution in [3.63, 3.8) is 0 Å². The SMILES string of the molecule is Cc1ccc(S(=O)(=O)C(C#N)([N+](=O)[O-])S(C)(=O)=O)cc1[N+](=O)[O-]. The summed E-state index contributed by atoms with van der Waals surface area (Å²) in [5.74, 6) is 0. The van der Waals surface area contributed by atoms with Gasteiger partial charge in [0.25, 0.3) is 15.5 Å². The molecule has 0 fully saturated rings. The van der Waals surface area contributed by atoms with Gasteiger partial charge in [0.1, 0.15) is 0 Å². The fourth-order valence-electron chi connectivity index (χ4n) is 1.73. The molecule has 0 saturated carbocycles. The second kappa shape index (κ2) is 5.56. The van der Waals surface area contributed by atoms with Crippen LogP contribution < -0.4 is 0 Å². The van der Waals surface area contributed by atoms with Gasteiger partial charge in [-0.2, -0.15) is 5.26 Å². The highest BCUT2D eigenvalue weighted by atomic mass is 32.3. The molecule has 1 aromatic rings. The Balaban J connectivity index is 3.90. The van der Waals surface area contributed by atoms with E-state index in [0.29, 0.717) is 12.1 Å². The van der Waals surface area contributed by atoms with Crippen molar-refractivity contribution in [2.45, 2.75) is 16.0 Å². The first-order valence-corrected chi connectivity index (χ1v) is 8.95. The van der Waals surface area contributed by atoms with Crippen LogP contribution in [0.4, 0.5) is 5.69 Å². The lowest BCUT2D eigenvalue weighted by Crippen LogP contribution is -2.51. The Morgan fingerprint density at radius 1 is 1.17 bits per heavy atom. The summed E-state index contributed by atoms with van der Waals surface area (Å²) in [5.41, 5.74) is -0.633. The summed E-state index contributed by atoms with van der Waals surface area (Å²) in [6.45, 7) is 1.29. The van der Waals surface area contributed by atoms with Crippen LogP contribution in [0.3, 0.4) is 0 Å². The lowest BCUT2D eigenvalue weighted by atomic mass is 10.2. The van der Waals surface area contributed by atoms with Gasteiger partial charge in [0.2, 0.25) is 9.84 Å². The van der Waals surface area contributed by atoms with E-state index < -0.39 is 44.3 Å². The molecule has 0 heterocycles. The average Bonchev–Trinajstić information content (AvgIpc) is 2.37. The van der Waals surface area contributed by atoms with Crippen molar-refractivity contribution in [3.05, 3.63) is 44.0 Å². The first kappa shape index (κ1) is 18.5. The molecular formula is C10H9N3O8S2. The Hall–Kier alpha value is -2.59. The van der Waals surface area contributed by atoms with Gasteiger partial charge in [-0.15, -0.1) is 0 Å². The molecule has 0 N–H and O–H groups in total. The highest BCUT2D eigenvalue weighted by Crippen LogP contribution is 2.33. The van der Waals surface area contributed by atoms with Crippen molar-refractivity contribution in [2.24, 2.45) is 0 Å². The van der Waals surface area contributed by atoms with E-state index in [4.69, 9.17) is 5.26 Å². The minimum atomic E-state index is -5.40. The second-order valence-corrected chi connectivity index (χ2v) is 8.89. The first-order valence-electron chi connectivity index (χ1n) is 5.58. The van der Waals surface area contributed by atoms with Crippen molar-refractivity contribution in [1.82, 2.24) is 0 Å². The van der Waals surface area contributed by atoms with Gasteiger partial charge in [-0.25, -0.2) is 16.8 Å². The van der Waals surface area contributed by atoms with E-state index in [1.807, 2.05) is 0 Å². The van der Waals surface area contributed by atoms with E-state index in [9.17, 15) is 37.1 Å². The Morgan fingerprint density at radius 2 is 1.70 bits per heavy atom. The zero-order valence-electron chi connectivity index (χ0n) is 11.7. The molecule has 0 saturated heterocycles. The van der Waals surface area contributed by atoms with Gasteiger partial charge in [0.05, 0.1) is 14.7 Å². The molecule has 0 radical (unpaired) electrons. The highest BCUT2D eigenvalue weighted by molar-refractivity contribution is 8.10. The molecule has 0 aliphatic rings. The Labute approximate surface area is 130 Å². The highest BCUT2D eigenvalue weighted by Gasteiger charge is 2.67. The topological polar surface area (TPSA) is 178 Å². The quantitative estimate of drug-likeness (QED) is 0.520. The summed E-state index contributed by atoms with van der Waals surface area (Å²) in [5, 5.41) is 30.9. The van der Waals surface area contributed by atoms with Crippen LogP contribution in [0, 0.1) is 38.5 Å². The Kier molecular flexibility index (Phi) is 4.46. The molecule has 0 spiro atoms. The minimum absolute atomic E-state index is 0.0527. The molecule has 0 aliphatic carbocycles. The van der Waals surface area contributed by atoms with Gasteiger partial charge in [0, 0.05) is 17.9 Å². The number of benzene rings is 1. The van der Waals surface area contributed by atoms with Crippen molar-refractivity contribution in [3.8, 4) is 6.07 Å². The third-order valence-electron chi connectivity index (χ3n) is 2.94. The summed E-state index contributed by atoms with van der Waals surface area (Å²) in [4.78, 5) is 18.2. The molecule has 1 rings (SSSR count).